The number of aliphatic hydroxyl groups excluding tert-OH is 1. The second-order valence-electron chi connectivity index (χ2n) is 4.15. The molecule has 106 valence electrons. The summed E-state index contributed by atoms with van der Waals surface area (Å²) in [5.74, 6) is -0.388. The maximum Gasteiger partial charge on any atom is 0.272 e. The van der Waals surface area contributed by atoms with E-state index in [1.807, 2.05) is 20.1 Å². The fraction of sp³-hybridized carbons (Fsp3) is 0.583. The molecule has 1 heterocycles. The first-order chi connectivity index (χ1) is 9.01. The number of hydrogen-bond donors (Lipinski definition) is 2. The van der Waals surface area contributed by atoms with E-state index in [9.17, 15) is 9.90 Å². The van der Waals surface area contributed by atoms with E-state index in [1.54, 1.807) is 0 Å². The van der Waals surface area contributed by atoms with Gasteiger partial charge < -0.3 is 10.4 Å². The first kappa shape index (κ1) is 16.2. The summed E-state index contributed by atoms with van der Waals surface area (Å²) in [6.45, 7) is 3.70. The topological polar surface area (TPSA) is 75.1 Å². The van der Waals surface area contributed by atoms with Gasteiger partial charge in [0.15, 0.2) is 10.9 Å². The second-order valence-corrected chi connectivity index (χ2v) is 5.33. The minimum Gasteiger partial charge on any atom is -0.394 e. The minimum absolute atomic E-state index is 0.121. The Labute approximate surface area is 122 Å². The predicted octanol–water partition coefficient (Wildman–Crippen LogP) is 2.13. The van der Waals surface area contributed by atoms with Gasteiger partial charge in [-0.2, -0.15) is 0 Å². The molecule has 5 nitrogen and oxygen atoms in total. The standard InChI is InChI=1S/C12H18ClN3O2S/c1-4-12(5-2,7-17)16-10(18)9-8(13)6-14-11(15-9)19-3/h6,17H,4-5,7H2,1-3H3,(H,16,18). The predicted molar refractivity (Wildman–Crippen MR) is 76.7 cm³/mol. The van der Waals surface area contributed by atoms with Gasteiger partial charge in [-0.05, 0) is 19.1 Å². The van der Waals surface area contributed by atoms with Crippen molar-refractivity contribution in [3.8, 4) is 0 Å². The van der Waals surface area contributed by atoms with Crippen LogP contribution in [0.25, 0.3) is 0 Å². The first-order valence-electron chi connectivity index (χ1n) is 6.01. The average molecular weight is 304 g/mol. The highest BCUT2D eigenvalue weighted by Crippen LogP contribution is 2.19. The Kier molecular flexibility index (Phi) is 6.03. The second kappa shape index (κ2) is 7.07. The van der Waals surface area contributed by atoms with Gasteiger partial charge in [-0.25, -0.2) is 9.97 Å². The van der Waals surface area contributed by atoms with Crippen LogP contribution in [-0.2, 0) is 0 Å². The Bertz CT molecular complexity index is 444. The number of amides is 1. The molecule has 0 saturated carbocycles. The van der Waals surface area contributed by atoms with Crippen molar-refractivity contribution < 1.29 is 9.90 Å². The van der Waals surface area contributed by atoms with Gasteiger partial charge in [-0.1, -0.05) is 37.2 Å². The summed E-state index contributed by atoms with van der Waals surface area (Å²) >= 11 is 7.28. The van der Waals surface area contributed by atoms with Crippen molar-refractivity contribution in [2.24, 2.45) is 0 Å². The fourth-order valence-electron chi connectivity index (χ4n) is 1.60. The lowest BCUT2D eigenvalue weighted by Crippen LogP contribution is -2.50. The Balaban J connectivity index is 3.00. The Morgan fingerprint density at radius 3 is 2.63 bits per heavy atom. The van der Waals surface area contributed by atoms with Crippen LogP contribution in [-0.4, -0.2) is 39.4 Å². The molecule has 1 rings (SSSR count). The first-order valence-corrected chi connectivity index (χ1v) is 7.62. The van der Waals surface area contributed by atoms with Crippen LogP contribution in [0.3, 0.4) is 0 Å². The molecule has 0 aliphatic rings. The van der Waals surface area contributed by atoms with Crippen molar-refractivity contribution in [2.75, 3.05) is 12.9 Å². The molecule has 0 fully saturated rings. The minimum atomic E-state index is -0.634. The normalized spacial score (nSPS) is 11.4. The molecule has 0 atom stereocenters. The number of aliphatic hydroxyl groups is 1. The molecule has 0 unspecified atom stereocenters. The lowest BCUT2D eigenvalue weighted by Gasteiger charge is -2.30. The maximum atomic E-state index is 12.2. The van der Waals surface area contributed by atoms with Crippen molar-refractivity contribution in [3.05, 3.63) is 16.9 Å². The molecule has 0 bridgehead atoms. The van der Waals surface area contributed by atoms with Gasteiger partial charge in [0.05, 0.1) is 23.4 Å². The number of nitrogens with zero attached hydrogens (tertiary/aromatic N) is 2. The van der Waals surface area contributed by atoms with E-state index in [1.165, 1.54) is 18.0 Å². The Morgan fingerprint density at radius 2 is 2.16 bits per heavy atom. The lowest BCUT2D eigenvalue weighted by molar-refractivity contribution is 0.0812. The van der Waals surface area contributed by atoms with Crippen molar-refractivity contribution in [3.63, 3.8) is 0 Å². The number of carbonyl (C=O) groups excluding carboxylic acids is 1. The van der Waals surface area contributed by atoms with E-state index in [4.69, 9.17) is 11.6 Å². The molecular weight excluding hydrogens is 286 g/mol. The smallest absolute Gasteiger partial charge is 0.272 e. The summed E-state index contributed by atoms with van der Waals surface area (Å²) < 4.78 is 0. The summed E-state index contributed by atoms with van der Waals surface area (Å²) in [7, 11) is 0. The largest absolute Gasteiger partial charge is 0.394 e. The average Bonchev–Trinajstić information content (AvgIpc) is 2.45. The SMILES string of the molecule is CCC(CC)(CO)NC(=O)c1nc(SC)ncc1Cl. The number of nitrogens with one attached hydrogen (secondary N) is 1. The van der Waals surface area contributed by atoms with Crippen molar-refractivity contribution in [1.29, 1.82) is 0 Å². The van der Waals surface area contributed by atoms with Crippen LogP contribution < -0.4 is 5.32 Å². The number of hydrogen-bond acceptors (Lipinski definition) is 5. The quantitative estimate of drug-likeness (QED) is 0.622. The number of thioether (sulfide) groups is 1. The van der Waals surface area contributed by atoms with Crippen molar-refractivity contribution >= 4 is 29.3 Å². The summed E-state index contributed by atoms with van der Waals surface area (Å²) in [6, 6.07) is 0. The highest BCUT2D eigenvalue weighted by molar-refractivity contribution is 7.98. The summed E-state index contributed by atoms with van der Waals surface area (Å²) in [4.78, 5) is 20.3. The van der Waals surface area contributed by atoms with Gasteiger partial charge in [0, 0.05) is 0 Å². The molecule has 1 aromatic rings. The molecule has 1 amide bonds. The number of carbonyl (C=O) groups is 1. The van der Waals surface area contributed by atoms with E-state index in [0.29, 0.717) is 18.0 Å². The van der Waals surface area contributed by atoms with Gasteiger partial charge in [0.25, 0.3) is 5.91 Å². The van der Waals surface area contributed by atoms with Crippen LogP contribution in [0.4, 0.5) is 0 Å². The summed E-state index contributed by atoms with van der Waals surface area (Å²) in [5.41, 5.74) is -0.494. The Morgan fingerprint density at radius 1 is 1.53 bits per heavy atom. The third-order valence-electron chi connectivity index (χ3n) is 3.15. The van der Waals surface area contributed by atoms with Crippen LogP contribution in [0, 0.1) is 0 Å². The molecular formula is C12H18ClN3O2S. The van der Waals surface area contributed by atoms with Crippen LogP contribution in [0.5, 0.6) is 0 Å². The van der Waals surface area contributed by atoms with Gasteiger partial charge >= 0.3 is 0 Å². The zero-order valence-electron chi connectivity index (χ0n) is 11.2. The van der Waals surface area contributed by atoms with Gasteiger partial charge in [0.2, 0.25) is 0 Å². The third kappa shape index (κ3) is 3.81. The molecule has 0 aliphatic carbocycles. The van der Waals surface area contributed by atoms with Crippen LogP contribution in [0.15, 0.2) is 11.4 Å². The molecule has 0 saturated heterocycles. The lowest BCUT2D eigenvalue weighted by atomic mass is 9.93. The van der Waals surface area contributed by atoms with E-state index < -0.39 is 5.54 Å². The van der Waals surface area contributed by atoms with E-state index >= 15 is 0 Å². The molecule has 0 spiro atoms. The number of rotatable bonds is 6. The molecule has 0 radical (unpaired) electrons. The summed E-state index contributed by atoms with van der Waals surface area (Å²) in [6.07, 6.45) is 4.49. The molecule has 2 N–H and O–H groups in total. The molecule has 7 heteroatoms. The van der Waals surface area contributed by atoms with E-state index in [-0.39, 0.29) is 23.2 Å². The monoisotopic (exact) mass is 303 g/mol. The van der Waals surface area contributed by atoms with Gasteiger partial charge in [-0.3, -0.25) is 4.79 Å². The fourth-order valence-corrected chi connectivity index (χ4v) is 2.12. The highest BCUT2D eigenvalue weighted by Gasteiger charge is 2.29. The van der Waals surface area contributed by atoms with Crippen LogP contribution in [0.2, 0.25) is 5.02 Å². The molecule has 1 aromatic heterocycles. The van der Waals surface area contributed by atoms with Crippen LogP contribution in [0.1, 0.15) is 37.2 Å². The number of halogens is 1. The zero-order valence-corrected chi connectivity index (χ0v) is 12.8. The van der Waals surface area contributed by atoms with Crippen LogP contribution >= 0.6 is 23.4 Å². The summed E-state index contributed by atoms with van der Waals surface area (Å²) in [5, 5.41) is 13.0. The Hall–Kier alpha value is -0.850. The highest BCUT2D eigenvalue weighted by atomic mass is 35.5. The van der Waals surface area contributed by atoms with Crippen molar-refractivity contribution in [1.82, 2.24) is 15.3 Å². The zero-order chi connectivity index (χ0) is 14.5. The number of aromatic nitrogens is 2. The molecule has 19 heavy (non-hydrogen) atoms. The van der Waals surface area contributed by atoms with Crippen molar-refractivity contribution in [2.45, 2.75) is 37.4 Å². The maximum absolute atomic E-state index is 12.2. The van der Waals surface area contributed by atoms with E-state index in [0.717, 1.165) is 0 Å². The third-order valence-corrected chi connectivity index (χ3v) is 3.99. The van der Waals surface area contributed by atoms with Gasteiger partial charge in [-0.15, -0.1) is 0 Å². The molecule has 0 aromatic carbocycles. The van der Waals surface area contributed by atoms with E-state index in [2.05, 4.69) is 15.3 Å². The molecule has 0 aliphatic heterocycles. The van der Waals surface area contributed by atoms with Gasteiger partial charge in [0.1, 0.15) is 0 Å².